The lowest BCUT2D eigenvalue weighted by molar-refractivity contribution is 1.49. The van der Waals surface area contributed by atoms with Gasteiger partial charge in [-0.3, -0.25) is 0 Å². The summed E-state index contributed by atoms with van der Waals surface area (Å²) in [4.78, 5) is 0. The average Bonchev–Trinajstić information content (AvgIpc) is 2.31. The van der Waals surface area contributed by atoms with E-state index < -0.39 is 0 Å². The van der Waals surface area contributed by atoms with Gasteiger partial charge in [0.05, 0.1) is 0 Å². The fourth-order valence-corrected chi connectivity index (χ4v) is 2.36. The molecule has 0 unspecified atom stereocenters. The standard InChI is InChI=1S/C16H16N2/c1-9-3-11-5-12-4-10(2)16(18)8-14(12)6-13(11)7-15(9)17/h3-8H,17-18H2,1-2H3. The van der Waals surface area contributed by atoms with Gasteiger partial charge in [0.25, 0.3) is 0 Å². The molecule has 0 spiro atoms. The molecule has 3 aromatic rings. The zero-order valence-electron chi connectivity index (χ0n) is 10.6. The molecule has 18 heavy (non-hydrogen) atoms. The Bertz CT molecular complexity index is 644. The molecular formula is C16H16N2. The SMILES string of the molecule is Cc1cc2cc3cc(C)c(N)cc3cc2cc1N. The van der Waals surface area contributed by atoms with Gasteiger partial charge in [-0.2, -0.15) is 0 Å². The topological polar surface area (TPSA) is 52.0 Å². The number of hydrogen-bond donors (Lipinski definition) is 2. The molecule has 0 radical (unpaired) electrons. The van der Waals surface area contributed by atoms with Crippen molar-refractivity contribution in [1.29, 1.82) is 0 Å². The second-order valence-electron chi connectivity index (χ2n) is 4.96. The van der Waals surface area contributed by atoms with Crippen molar-refractivity contribution in [3.05, 3.63) is 47.5 Å². The smallest absolute Gasteiger partial charge is 0.0350 e. The first kappa shape index (κ1) is 10.9. The third-order valence-corrected chi connectivity index (χ3v) is 3.57. The highest BCUT2D eigenvalue weighted by molar-refractivity contribution is 6.01. The molecule has 0 atom stereocenters. The zero-order valence-corrected chi connectivity index (χ0v) is 10.6. The fourth-order valence-electron chi connectivity index (χ4n) is 2.36. The number of hydrogen-bond acceptors (Lipinski definition) is 2. The lowest BCUT2D eigenvalue weighted by atomic mass is 9.99. The van der Waals surface area contributed by atoms with E-state index in [2.05, 4.69) is 24.3 Å². The van der Waals surface area contributed by atoms with E-state index in [1.807, 2.05) is 26.0 Å². The average molecular weight is 236 g/mol. The number of nitrogens with two attached hydrogens (primary N) is 2. The first-order valence-electron chi connectivity index (χ1n) is 6.04. The van der Waals surface area contributed by atoms with Crippen molar-refractivity contribution in [2.75, 3.05) is 11.5 Å². The number of anilines is 2. The van der Waals surface area contributed by atoms with Crippen molar-refractivity contribution >= 4 is 32.9 Å². The summed E-state index contributed by atoms with van der Waals surface area (Å²) in [5.74, 6) is 0. The number of fused-ring (bicyclic) bond motifs is 2. The Morgan fingerprint density at radius 3 is 1.28 bits per heavy atom. The van der Waals surface area contributed by atoms with Gasteiger partial charge in [0.2, 0.25) is 0 Å². The Kier molecular flexibility index (Phi) is 2.20. The Hall–Kier alpha value is -2.22. The molecule has 0 aliphatic carbocycles. The summed E-state index contributed by atoms with van der Waals surface area (Å²) in [5.41, 5.74) is 15.8. The van der Waals surface area contributed by atoms with E-state index in [9.17, 15) is 0 Å². The maximum Gasteiger partial charge on any atom is 0.0350 e. The Morgan fingerprint density at radius 1 is 0.556 bits per heavy atom. The largest absolute Gasteiger partial charge is 0.398 e. The highest BCUT2D eigenvalue weighted by Gasteiger charge is 2.03. The Balaban J connectivity index is 2.43. The van der Waals surface area contributed by atoms with Crippen LogP contribution in [0.2, 0.25) is 0 Å². The lowest BCUT2D eigenvalue weighted by Gasteiger charge is -2.08. The minimum absolute atomic E-state index is 0.835. The van der Waals surface area contributed by atoms with Crippen molar-refractivity contribution < 1.29 is 0 Å². The van der Waals surface area contributed by atoms with E-state index in [0.29, 0.717) is 0 Å². The van der Waals surface area contributed by atoms with Gasteiger partial charge in [-0.05, 0) is 82.9 Å². The minimum atomic E-state index is 0.835. The predicted octanol–water partition coefficient (Wildman–Crippen LogP) is 3.77. The van der Waals surface area contributed by atoms with Crippen LogP contribution in [0.15, 0.2) is 36.4 Å². The molecule has 3 aromatic carbocycles. The minimum Gasteiger partial charge on any atom is -0.398 e. The van der Waals surface area contributed by atoms with E-state index in [1.165, 1.54) is 10.8 Å². The highest BCUT2D eigenvalue weighted by Crippen LogP contribution is 2.29. The number of rotatable bonds is 0. The van der Waals surface area contributed by atoms with Crippen LogP contribution in [0, 0.1) is 13.8 Å². The van der Waals surface area contributed by atoms with Gasteiger partial charge < -0.3 is 11.5 Å². The number of benzene rings is 3. The van der Waals surface area contributed by atoms with Crippen LogP contribution in [0.5, 0.6) is 0 Å². The molecule has 0 aliphatic rings. The van der Waals surface area contributed by atoms with Gasteiger partial charge in [0.1, 0.15) is 0 Å². The van der Waals surface area contributed by atoms with Crippen LogP contribution in [0.4, 0.5) is 11.4 Å². The molecule has 4 N–H and O–H groups in total. The molecule has 0 aliphatic heterocycles. The van der Waals surface area contributed by atoms with Crippen LogP contribution in [0.3, 0.4) is 0 Å². The van der Waals surface area contributed by atoms with Crippen molar-refractivity contribution in [2.45, 2.75) is 13.8 Å². The molecule has 2 nitrogen and oxygen atoms in total. The molecule has 0 saturated heterocycles. The van der Waals surface area contributed by atoms with Crippen molar-refractivity contribution in [1.82, 2.24) is 0 Å². The third-order valence-electron chi connectivity index (χ3n) is 3.57. The van der Waals surface area contributed by atoms with Crippen molar-refractivity contribution in [3.8, 4) is 0 Å². The molecular weight excluding hydrogens is 220 g/mol. The van der Waals surface area contributed by atoms with Gasteiger partial charge in [0, 0.05) is 11.4 Å². The van der Waals surface area contributed by atoms with Gasteiger partial charge in [-0.15, -0.1) is 0 Å². The van der Waals surface area contributed by atoms with E-state index in [-0.39, 0.29) is 0 Å². The number of nitrogen functional groups attached to an aromatic ring is 2. The quantitative estimate of drug-likeness (QED) is 0.461. The maximum absolute atomic E-state index is 5.96. The Morgan fingerprint density at radius 2 is 0.889 bits per heavy atom. The van der Waals surface area contributed by atoms with Crippen LogP contribution in [0.1, 0.15) is 11.1 Å². The van der Waals surface area contributed by atoms with Gasteiger partial charge in [-0.1, -0.05) is 0 Å². The van der Waals surface area contributed by atoms with E-state index >= 15 is 0 Å². The second kappa shape index (κ2) is 3.64. The van der Waals surface area contributed by atoms with Crippen LogP contribution in [-0.4, -0.2) is 0 Å². The number of aryl methyl sites for hydroxylation is 2. The van der Waals surface area contributed by atoms with E-state index in [0.717, 1.165) is 33.3 Å². The second-order valence-corrected chi connectivity index (χ2v) is 4.96. The van der Waals surface area contributed by atoms with Crippen molar-refractivity contribution in [2.24, 2.45) is 0 Å². The van der Waals surface area contributed by atoms with Crippen molar-refractivity contribution in [3.63, 3.8) is 0 Å². The first-order chi connectivity index (χ1) is 8.54. The summed E-state index contributed by atoms with van der Waals surface area (Å²) < 4.78 is 0. The first-order valence-corrected chi connectivity index (χ1v) is 6.04. The molecule has 0 aromatic heterocycles. The van der Waals surface area contributed by atoms with Crippen LogP contribution in [-0.2, 0) is 0 Å². The van der Waals surface area contributed by atoms with Gasteiger partial charge in [0.15, 0.2) is 0 Å². The zero-order chi connectivity index (χ0) is 12.9. The summed E-state index contributed by atoms with van der Waals surface area (Å²) in [6, 6.07) is 12.7. The summed E-state index contributed by atoms with van der Waals surface area (Å²) in [5, 5.41) is 4.76. The molecule has 0 heterocycles. The van der Waals surface area contributed by atoms with E-state index in [4.69, 9.17) is 11.5 Å². The van der Waals surface area contributed by atoms with Gasteiger partial charge >= 0.3 is 0 Å². The monoisotopic (exact) mass is 236 g/mol. The molecule has 0 bridgehead atoms. The fraction of sp³-hybridized carbons (Fsp3) is 0.125. The molecule has 0 fully saturated rings. The maximum atomic E-state index is 5.96. The molecule has 2 heteroatoms. The normalized spacial score (nSPS) is 11.2. The summed E-state index contributed by atoms with van der Waals surface area (Å²) in [6.07, 6.45) is 0. The molecule has 3 rings (SSSR count). The van der Waals surface area contributed by atoms with Crippen LogP contribution < -0.4 is 11.5 Å². The Labute approximate surface area is 106 Å². The third kappa shape index (κ3) is 1.58. The summed E-state index contributed by atoms with van der Waals surface area (Å²) in [7, 11) is 0. The van der Waals surface area contributed by atoms with E-state index in [1.54, 1.807) is 0 Å². The highest BCUT2D eigenvalue weighted by atomic mass is 14.6. The van der Waals surface area contributed by atoms with Gasteiger partial charge in [-0.25, -0.2) is 0 Å². The summed E-state index contributed by atoms with van der Waals surface area (Å²) >= 11 is 0. The summed E-state index contributed by atoms with van der Waals surface area (Å²) in [6.45, 7) is 4.07. The molecule has 0 saturated carbocycles. The van der Waals surface area contributed by atoms with Crippen LogP contribution in [0.25, 0.3) is 21.5 Å². The lowest BCUT2D eigenvalue weighted by Crippen LogP contribution is -1.91. The van der Waals surface area contributed by atoms with Crippen LogP contribution >= 0.6 is 0 Å². The molecule has 0 amide bonds. The molecule has 90 valence electrons. The predicted molar refractivity (Wildman–Crippen MR) is 79.8 cm³/mol.